The summed E-state index contributed by atoms with van der Waals surface area (Å²) in [5.41, 5.74) is 1.01. The average molecular weight is 367 g/mol. The van der Waals surface area contributed by atoms with Crippen LogP contribution in [0.25, 0.3) is 0 Å². The van der Waals surface area contributed by atoms with E-state index in [0.717, 1.165) is 0 Å². The molecule has 1 saturated heterocycles. The fourth-order valence-corrected chi connectivity index (χ4v) is 3.04. The number of halogens is 3. The van der Waals surface area contributed by atoms with E-state index in [1.54, 1.807) is 12.1 Å². The molecule has 2 amide bonds. The van der Waals surface area contributed by atoms with Gasteiger partial charge in [-0.1, -0.05) is 23.2 Å². The van der Waals surface area contributed by atoms with Crippen molar-refractivity contribution in [3.63, 3.8) is 0 Å². The molecule has 0 radical (unpaired) electrons. The van der Waals surface area contributed by atoms with E-state index in [9.17, 15) is 14.0 Å². The van der Waals surface area contributed by atoms with Gasteiger partial charge >= 0.3 is 0 Å². The van der Waals surface area contributed by atoms with E-state index in [2.05, 4.69) is 5.32 Å². The average Bonchev–Trinajstić information content (AvgIpc) is 2.93. The lowest BCUT2D eigenvalue weighted by molar-refractivity contribution is -0.122. The molecule has 24 heavy (non-hydrogen) atoms. The molecule has 7 heteroatoms. The SMILES string of the molecule is O=C(Nc1ccc(Cl)cc1Cl)[C@@H]1CC(=O)N(c2ccc(F)cc2)C1. The number of hydrogen-bond donors (Lipinski definition) is 1. The zero-order chi connectivity index (χ0) is 17.3. The highest BCUT2D eigenvalue weighted by Crippen LogP contribution is 2.29. The maximum Gasteiger partial charge on any atom is 0.229 e. The topological polar surface area (TPSA) is 49.4 Å². The zero-order valence-electron chi connectivity index (χ0n) is 12.4. The summed E-state index contributed by atoms with van der Waals surface area (Å²) in [5, 5.41) is 3.51. The Labute approximate surface area is 148 Å². The number of carbonyl (C=O) groups is 2. The molecule has 124 valence electrons. The van der Waals surface area contributed by atoms with Crippen molar-refractivity contribution in [1.82, 2.24) is 0 Å². The van der Waals surface area contributed by atoms with E-state index in [-0.39, 0.29) is 30.6 Å². The van der Waals surface area contributed by atoms with E-state index in [1.165, 1.54) is 35.2 Å². The highest BCUT2D eigenvalue weighted by atomic mass is 35.5. The van der Waals surface area contributed by atoms with Crippen LogP contribution in [0.3, 0.4) is 0 Å². The number of amides is 2. The van der Waals surface area contributed by atoms with Gasteiger partial charge in [0.15, 0.2) is 0 Å². The van der Waals surface area contributed by atoms with Crippen LogP contribution < -0.4 is 10.2 Å². The second kappa shape index (κ2) is 6.79. The van der Waals surface area contributed by atoms with E-state index in [1.807, 2.05) is 0 Å². The van der Waals surface area contributed by atoms with E-state index in [4.69, 9.17) is 23.2 Å². The normalized spacial score (nSPS) is 17.2. The number of carbonyl (C=O) groups excluding carboxylic acids is 2. The summed E-state index contributed by atoms with van der Waals surface area (Å²) in [6, 6.07) is 10.4. The summed E-state index contributed by atoms with van der Waals surface area (Å²) in [4.78, 5) is 26.0. The lowest BCUT2D eigenvalue weighted by atomic mass is 10.1. The number of nitrogens with zero attached hydrogens (tertiary/aromatic N) is 1. The summed E-state index contributed by atoms with van der Waals surface area (Å²) in [7, 11) is 0. The summed E-state index contributed by atoms with van der Waals surface area (Å²) in [5.74, 6) is -1.35. The van der Waals surface area contributed by atoms with Crippen molar-refractivity contribution in [3.05, 3.63) is 58.3 Å². The zero-order valence-corrected chi connectivity index (χ0v) is 13.9. The summed E-state index contributed by atoms with van der Waals surface area (Å²) in [6.45, 7) is 0.238. The van der Waals surface area contributed by atoms with Crippen LogP contribution in [0.2, 0.25) is 10.0 Å². The third-order valence-corrected chi connectivity index (χ3v) is 4.37. The fourth-order valence-electron chi connectivity index (χ4n) is 2.58. The second-order valence-corrected chi connectivity index (χ2v) is 6.34. The van der Waals surface area contributed by atoms with Gasteiger partial charge in [-0.2, -0.15) is 0 Å². The van der Waals surface area contributed by atoms with Crippen molar-refractivity contribution in [1.29, 1.82) is 0 Å². The molecule has 0 aliphatic carbocycles. The Morgan fingerprint density at radius 2 is 1.88 bits per heavy atom. The third kappa shape index (κ3) is 3.52. The Bertz CT molecular complexity index is 796. The lowest BCUT2D eigenvalue weighted by Crippen LogP contribution is -2.28. The van der Waals surface area contributed by atoms with Crippen molar-refractivity contribution < 1.29 is 14.0 Å². The van der Waals surface area contributed by atoms with Gasteiger partial charge in [0.25, 0.3) is 0 Å². The van der Waals surface area contributed by atoms with Crippen molar-refractivity contribution >= 4 is 46.4 Å². The van der Waals surface area contributed by atoms with Crippen LogP contribution in [0.4, 0.5) is 15.8 Å². The van der Waals surface area contributed by atoms with Crippen molar-refractivity contribution in [3.8, 4) is 0 Å². The summed E-state index contributed by atoms with van der Waals surface area (Å²) >= 11 is 11.9. The van der Waals surface area contributed by atoms with Crippen molar-refractivity contribution in [2.45, 2.75) is 6.42 Å². The number of nitrogens with one attached hydrogen (secondary N) is 1. The largest absolute Gasteiger partial charge is 0.324 e. The maximum atomic E-state index is 13.0. The molecule has 0 bridgehead atoms. The molecule has 3 rings (SSSR count). The fraction of sp³-hybridized carbons (Fsp3) is 0.176. The van der Waals surface area contributed by atoms with E-state index < -0.39 is 5.92 Å². The van der Waals surface area contributed by atoms with Crippen molar-refractivity contribution in [2.24, 2.45) is 5.92 Å². The van der Waals surface area contributed by atoms with Gasteiger partial charge in [-0.05, 0) is 42.5 Å². The smallest absolute Gasteiger partial charge is 0.229 e. The van der Waals surface area contributed by atoms with Gasteiger partial charge in [0.05, 0.1) is 16.6 Å². The molecule has 2 aromatic carbocycles. The molecule has 4 nitrogen and oxygen atoms in total. The van der Waals surface area contributed by atoms with Crippen LogP contribution in [0.5, 0.6) is 0 Å². The lowest BCUT2D eigenvalue weighted by Gasteiger charge is -2.17. The Kier molecular flexibility index (Phi) is 4.73. The Balaban J connectivity index is 1.70. The number of hydrogen-bond acceptors (Lipinski definition) is 2. The van der Waals surface area contributed by atoms with Crippen LogP contribution in [-0.4, -0.2) is 18.4 Å². The predicted molar refractivity (Wildman–Crippen MR) is 92.0 cm³/mol. The molecule has 1 N–H and O–H groups in total. The van der Waals surface area contributed by atoms with Gasteiger partial charge < -0.3 is 10.2 Å². The molecule has 0 aromatic heterocycles. The summed E-state index contributed by atoms with van der Waals surface area (Å²) in [6.07, 6.45) is 0.0917. The van der Waals surface area contributed by atoms with Gasteiger partial charge in [-0.25, -0.2) is 4.39 Å². The van der Waals surface area contributed by atoms with Crippen LogP contribution in [0, 0.1) is 11.7 Å². The first-order chi connectivity index (χ1) is 11.4. The Morgan fingerprint density at radius 3 is 2.54 bits per heavy atom. The van der Waals surface area contributed by atoms with Crippen LogP contribution >= 0.6 is 23.2 Å². The van der Waals surface area contributed by atoms with Crippen LogP contribution in [-0.2, 0) is 9.59 Å². The van der Waals surface area contributed by atoms with E-state index >= 15 is 0 Å². The van der Waals surface area contributed by atoms with E-state index in [0.29, 0.717) is 21.4 Å². The molecule has 1 aliphatic heterocycles. The second-order valence-electron chi connectivity index (χ2n) is 5.50. The molecule has 2 aromatic rings. The predicted octanol–water partition coefficient (Wildman–Crippen LogP) is 4.12. The minimum absolute atomic E-state index is 0.0917. The Morgan fingerprint density at radius 1 is 1.17 bits per heavy atom. The first kappa shape index (κ1) is 16.7. The molecule has 1 heterocycles. The van der Waals surface area contributed by atoms with Crippen LogP contribution in [0.1, 0.15) is 6.42 Å². The molecule has 1 fully saturated rings. The summed E-state index contributed by atoms with van der Waals surface area (Å²) < 4.78 is 13.0. The van der Waals surface area contributed by atoms with Crippen LogP contribution in [0.15, 0.2) is 42.5 Å². The monoisotopic (exact) mass is 366 g/mol. The third-order valence-electron chi connectivity index (χ3n) is 3.82. The quantitative estimate of drug-likeness (QED) is 0.887. The molecule has 1 aliphatic rings. The van der Waals surface area contributed by atoms with Crippen molar-refractivity contribution in [2.75, 3.05) is 16.8 Å². The molecule has 0 unspecified atom stereocenters. The Hall–Kier alpha value is -2.11. The van der Waals surface area contributed by atoms with Gasteiger partial charge in [0.1, 0.15) is 5.82 Å². The highest BCUT2D eigenvalue weighted by molar-refractivity contribution is 6.36. The molecule has 0 saturated carbocycles. The molecular weight excluding hydrogens is 354 g/mol. The minimum Gasteiger partial charge on any atom is -0.324 e. The number of benzene rings is 2. The molecule has 1 atom stereocenters. The highest BCUT2D eigenvalue weighted by Gasteiger charge is 2.35. The van der Waals surface area contributed by atoms with Gasteiger partial charge in [0.2, 0.25) is 11.8 Å². The maximum absolute atomic E-state index is 13.0. The first-order valence-electron chi connectivity index (χ1n) is 7.26. The standard InChI is InChI=1S/C17H13Cl2FN2O2/c18-11-1-6-15(14(19)8-11)21-17(24)10-7-16(23)22(9-10)13-4-2-12(20)3-5-13/h1-6,8,10H,7,9H2,(H,21,24)/t10-/m1/s1. The molecule has 0 spiro atoms. The van der Waals surface area contributed by atoms with Gasteiger partial charge in [0, 0.05) is 23.7 Å². The van der Waals surface area contributed by atoms with Gasteiger partial charge in [-0.15, -0.1) is 0 Å². The first-order valence-corrected chi connectivity index (χ1v) is 8.01. The number of anilines is 2. The minimum atomic E-state index is -0.505. The molecular formula is C17H13Cl2FN2O2. The van der Waals surface area contributed by atoms with Gasteiger partial charge in [-0.3, -0.25) is 9.59 Å². The number of rotatable bonds is 3.